The normalized spacial score (nSPS) is 17.9. The fourth-order valence-electron chi connectivity index (χ4n) is 2.12. The maximum atomic E-state index is 5.64. The highest BCUT2D eigenvalue weighted by Crippen LogP contribution is 2.34. The topological polar surface area (TPSA) is 56.5 Å². The number of hydrogen-bond acceptors (Lipinski definition) is 4. The largest absolute Gasteiger partial charge is 0.496 e. The van der Waals surface area contributed by atoms with E-state index in [0.717, 1.165) is 11.3 Å². The Morgan fingerprint density at radius 2 is 2.12 bits per heavy atom. The standard InChI is InChI=1S/C13H20N2O2/c1-9(2)11-6-10(4-5-12(11)16-3)13(15-14)7-17-8-13/h4-6,9,15H,7-8,14H2,1-3H3. The van der Waals surface area contributed by atoms with Crippen molar-refractivity contribution < 1.29 is 9.47 Å². The summed E-state index contributed by atoms with van der Waals surface area (Å²) in [6.07, 6.45) is 0. The molecule has 0 spiro atoms. The molecule has 4 heteroatoms. The smallest absolute Gasteiger partial charge is 0.122 e. The lowest BCUT2D eigenvalue weighted by Crippen LogP contribution is -2.60. The quantitative estimate of drug-likeness (QED) is 0.614. The van der Waals surface area contributed by atoms with Crippen LogP contribution in [-0.4, -0.2) is 20.3 Å². The molecule has 0 atom stereocenters. The summed E-state index contributed by atoms with van der Waals surface area (Å²) in [5, 5.41) is 0. The van der Waals surface area contributed by atoms with Crippen molar-refractivity contribution in [2.45, 2.75) is 25.3 Å². The third-order valence-corrected chi connectivity index (χ3v) is 3.38. The van der Waals surface area contributed by atoms with E-state index in [4.69, 9.17) is 15.3 Å². The molecule has 1 saturated heterocycles. The van der Waals surface area contributed by atoms with Crippen molar-refractivity contribution in [2.24, 2.45) is 5.84 Å². The number of nitrogens with two attached hydrogens (primary N) is 1. The van der Waals surface area contributed by atoms with Crippen molar-refractivity contribution in [2.75, 3.05) is 20.3 Å². The van der Waals surface area contributed by atoms with Gasteiger partial charge in [-0.15, -0.1) is 0 Å². The molecule has 2 rings (SSSR count). The van der Waals surface area contributed by atoms with Crippen LogP contribution in [0.3, 0.4) is 0 Å². The molecule has 0 aliphatic carbocycles. The summed E-state index contributed by atoms with van der Waals surface area (Å²) in [6, 6.07) is 6.21. The second-order valence-electron chi connectivity index (χ2n) is 4.83. The first kappa shape index (κ1) is 12.4. The number of methoxy groups -OCH3 is 1. The average Bonchev–Trinajstić information content (AvgIpc) is 2.28. The van der Waals surface area contributed by atoms with Gasteiger partial charge in [0.1, 0.15) is 11.3 Å². The molecule has 0 amide bonds. The molecule has 0 aromatic heterocycles. The average molecular weight is 236 g/mol. The SMILES string of the molecule is COc1ccc(C2(NN)COC2)cc1C(C)C. The Labute approximate surface area is 102 Å². The molecule has 0 unspecified atom stereocenters. The molecule has 0 radical (unpaired) electrons. The minimum absolute atomic E-state index is 0.226. The zero-order valence-corrected chi connectivity index (χ0v) is 10.6. The van der Waals surface area contributed by atoms with Gasteiger partial charge in [0.15, 0.2) is 0 Å². The molecule has 1 aromatic rings. The number of benzene rings is 1. The van der Waals surface area contributed by atoms with Crippen LogP contribution in [0.1, 0.15) is 30.9 Å². The molecular formula is C13H20N2O2. The highest BCUT2D eigenvalue weighted by atomic mass is 16.5. The summed E-state index contributed by atoms with van der Waals surface area (Å²) in [6.45, 7) is 5.55. The number of rotatable bonds is 4. The lowest BCUT2D eigenvalue weighted by Gasteiger charge is -2.41. The van der Waals surface area contributed by atoms with Gasteiger partial charge in [-0.05, 0) is 29.2 Å². The van der Waals surface area contributed by atoms with E-state index in [1.165, 1.54) is 5.56 Å². The van der Waals surface area contributed by atoms with Gasteiger partial charge in [-0.25, -0.2) is 5.43 Å². The van der Waals surface area contributed by atoms with Crippen LogP contribution in [0.15, 0.2) is 18.2 Å². The molecule has 0 bridgehead atoms. The van der Waals surface area contributed by atoms with E-state index in [0.29, 0.717) is 19.1 Å². The summed E-state index contributed by atoms with van der Waals surface area (Å²) in [5.74, 6) is 6.98. The number of hydrogen-bond donors (Lipinski definition) is 2. The Bertz CT molecular complexity index is 395. The van der Waals surface area contributed by atoms with Gasteiger partial charge < -0.3 is 9.47 Å². The monoisotopic (exact) mass is 236 g/mol. The van der Waals surface area contributed by atoms with Crippen molar-refractivity contribution in [3.05, 3.63) is 29.3 Å². The number of nitrogens with one attached hydrogen (secondary N) is 1. The first-order chi connectivity index (χ1) is 8.13. The van der Waals surface area contributed by atoms with Crippen molar-refractivity contribution >= 4 is 0 Å². The molecule has 17 heavy (non-hydrogen) atoms. The van der Waals surface area contributed by atoms with Crippen LogP contribution in [0.4, 0.5) is 0 Å². The second kappa shape index (κ2) is 4.64. The van der Waals surface area contributed by atoms with Crippen LogP contribution in [0, 0.1) is 0 Å². The van der Waals surface area contributed by atoms with E-state index in [1.54, 1.807) is 7.11 Å². The Morgan fingerprint density at radius 3 is 2.53 bits per heavy atom. The summed E-state index contributed by atoms with van der Waals surface area (Å²) in [4.78, 5) is 0. The molecule has 4 nitrogen and oxygen atoms in total. The fraction of sp³-hybridized carbons (Fsp3) is 0.538. The number of ether oxygens (including phenoxy) is 2. The lowest BCUT2D eigenvalue weighted by molar-refractivity contribution is -0.0787. The van der Waals surface area contributed by atoms with Gasteiger partial charge in [0, 0.05) is 0 Å². The van der Waals surface area contributed by atoms with Crippen LogP contribution in [0.5, 0.6) is 5.75 Å². The molecule has 1 aromatic carbocycles. The van der Waals surface area contributed by atoms with Crippen molar-refractivity contribution in [3.8, 4) is 5.75 Å². The van der Waals surface area contributed by atoms with Gasteiger partial charge in [-0.2, -0.15) is 0 Å². The van der Waals surface area contributed by atoms with Gasteiger partial charge in [0.25, 0.3) is 0 Å². The summed E-state index contributed by atoms with van der Waals surface area (Å²) in [7, 11) is 1.70. The minimum atomic E-state index is -0.226. The van der Waals surface area contributed by atoms with Crippen molar-refractivity contribution in [3.63, 3.8) is 0 Å². The second-order valence-corrected chi connectivity index (χ2v) is 4.83. The molecule has 1 aliphatic heterocycles. The summed E-state index contributed by atoms with van der Waals surface area (Å²) < 4.78 is 10.6. The van der Waals surface area contributed by atoms with E-state index < -0.39 is 0 Å². The Kier molecular flexibility index (Phi) is 3.38. The molecule has 0 saturated carbocycles. The molecule has 3 N–H and O–H groups in total. The lowest BCUT2D eigenvalue weighted by atomic mass is 9.86. The highest BCUT2D eigenvalue weighted by Gasteiger charge is 2.39. The van der Waals surface area contributed by atoms with Crippen LogP contribution in [0.2, 0.25) is 0 Å². The maximum absolute atomic E-state index is 5.64. The third-order valence-electron chi connectivity index (χ3n) is 3.38. The van der Waals surface area contributed by atoms with Crippen LogP contribution < -0.4 is 16.0 Å². The molecular weight excluding hydrogens is 216 g/mol. The Balaban J connectivity index is 2.40. The first-order valence-corrected chi connectivity index (χ1v) is 5.87. The van der Waals surface area contributed by atoms with Crippen LogP contribution >= 0.6 is 0 Å². The predicted molar refractivity (Wildman–Crippen MR) is 66.9 cm³/mol. The number of hydrazine groups is 1. The molecule has 1 aliphatic rings. The van der Waals surface area contributed by atoms with Crippen LogP contribution in [-0.2, 0) is 10.3 Å². The van der Waals surface area contributed by atoms with Gasteiger partial charge in [0.2, 0.25) is 0 Å². The zero-order chi connectivity index (χ0) is 12.5. The highest BCUT2D eigenvalue weighted by molar-refractivity contribution is 5.42. The molecule has 1 fully saturated rings. The fourth-order valence-corrected chi connectivity index (χ4v) is 2.12. The van der Waals surface area contributed by atoms with Gasteiger partial charge in [-0.3, -0.25) is 5.84 Å². The van der Waals surface area contributed by atoms with Crippen LogP contribution in [0.25, 0.3) is 0 Å². The first-order valence-electron chi connectivity index (χ1n) is 5.87. The Hall–Kier alpha value is -1.10. The zero-order valence-electron chi connectivity index (χ0n) is 10.6. The maximum Gasteiger partial charge on any atom is 0.122 e. The van der Waals surface area contributed by atoms with Gasteiger partial charge in [0.05, 0.1) is 20.3 Å². The predicted octanol–water partition coefficient (Wildman–Crippen LogP) is 1.51. The van der Waals surface area contributed by atoms with E-state index in [-0.39, 0.29) is 5.54 Å². The Morgan fingerprint density at radius 1 is 1.41 bits per heavy atom. The summed E-state index contributed by atoms with van der Waals surface area (Å²) in [5.41, 5.74) is 5.01. The summed E-state index contributed by atoms with van der Waals surface area (Å²) >= 11 is 0. The van der Waals surface area contributed by atoms with E-state index in [1.807, 2.05) is 12.1 Å². The molecule has 94 valence electrons. The van der Waals surface area contributed by atoms with E-state index >= 15 is 0 Å². The minimum Gasteiger partial charge on any atom is -0.496 e. The van der Waals surface area contributed by atoms with Crippen molar-refractivity contribution in [1.29, 1.82) is 0 Å². The molecule has 1 heterocycles. The van der Waals surface area contributed by atoms with Gasteiger partial charge >= 0.3 is 0 Å². The van der Waals surface area contributed by atoms with E-state index in [2.05, 4.69) is 25.3 Å². The van der Waals surface area contributed by atoms with E-state index in [9.17, 15) is 0 Å². The third kappa shape index (κ3) is 2.04. The van der Waals surface area contributed by atoms with Crippen molar-refractivity contribution in [1.82, 2.24) is 5.43 Å². The van der Waals surface area contributed by atoms with Gasteiger partial charge in [-0.1, -0.05) is 19.9 Å².